The summed E-state index contributed by atoms with van der Waals surface area (Å²) in [6, 6.07) is 3.18. The van der Waals surface area contributed by atoms with Crippen molar-refractivity contribution in [3.8, 4) is 0 Å². The van der Waals surface area contributed by atoms with Crippen LogP contribution in [0.15, 0.2) is 12.1 Å². The van der Waals surface area contributed by atoms with Crippen LogP contribution in [0.2, 0.25) is 0 Å². The first-order valence-corrected chi connectivity index (χ1v) is 5.62. The van der Waals surface area contributed by atoms with Crippen molar-refractivity contribution in [2.45, 2.75) is 13.3 Å². The van der Waals surface area contributed by atoms with Crippen LogP contribution < -0.4 is 10.2 Å². The average molecular weight is 237 g/mol. The van der Waals surface area contributed by atoms with Crippen LogP contribution in [0.5, 0.6) is 0 Å². The van der Waals surface area contributed by atoms with Gasteiger partial charge in [-0.2, -0.15) is 0 Å². The number of pyridine rings is 1. The fourth-order valence-electron chi connectivity index (χ4n) is 1.58. The van der Waals surface area contributed by atoms with Gasteiger partial charge in [-0.1, -0.05) is 0 Å². The number of hydrogen-bond donors (Lipinski definition) is 2. The third-order valence-electron chi connectivity index (χ3n) is 2.50. The minimum absolute atomic E-state index is 0.285. The highest BCUT2D eigenvalue weighted by molar-refractivity contribution is 5.88. The molecule has 1 aromatic heterocycles. The predicted octanol–water partition coefficient (Wildman–Crippen LogP) is 1.13. The number of carboxylic acid groups (broad SMARTS) is 1. The maximum atomic E-state index is 10.9. The third-order valence-corrected chi connectivity index (χ3v) is 2.50. The van der Waals surface area contributed by atoms with E-state index in [9.17, 15) is 4.79 Å². The first kappa shape index (κ1) is 13.4. The molecule has 0 aliphatic carbocycles. The smallest absolute Gasteiger partial charge is 0.335 e. The van der Waals surface area contributed by atoms with Crippen LogP contribution in [0.25, 0.3) is 0 Å². The summed E-state index contributed by atoms with van der Waals surface area (Å²) in [7, 11) is 3.83. The van der Waals surface area contributed by atoms with Gasteiger partial charge in [0.1, 0.15) is 5.82 Å². The number of rotatable bonds is 6. The van der Waals surface area contributed by atoms with Crippen molar-refractivity contribution in [1.29, 1.82) is 0 Å². The molecule has 0 fully saturated rings. The van der Waals surface area contributed by atoms with E-state index in [1.807, 2.05) is 19.0 Å². The molecule has 1 aromatic rings. The van der Waals surface area contributed by atoms with Gasteiger partial charge in [0.2, 0.25) is 0 Å². The van der Waals surface area contributed by atoms with Crippen molar-refractivity contribution in [3.05, 3.63) is 23.4 Å². The zero-order chi connectivity index (χ0) is 12.8. The lowest BCUT2D eigenvalue weighted by molar-refractivity contribution is 0.0696. The van der Waals surface area contributed by atoms with Gasteiger partial charge in [-0.15, -0.1) is 0 Å². The summed E-state index contributed by atoms with van der Waals surface area (Å²) >= 11 is 0. The fraction of sp³-hybridized carbons (Fsp3) is 0.500. The third kappa shape index (κ3) is 4.03. The summed E-state index contributed by atoms with van der Waals surface area (Å²) in [5, 5.41) is 12.0. The molecule has 0 unspecified atom stereocenters. The molecule has 5 nitrogen and oxygen atoms in total. The number of hydrogen-bond acceptors (Lipinski definition) is 4. The minimum Gasteiger partial charge on any atom is -0.478 e. The lowest BCUT2D eigenvalue weighted by atomic mass is 10.2. The van der Waals surface area contributed by atoms with Crippen molar-refractivity contribution in [1.82, 2.24) is 10.3 Å². The van der Waals surface area contributed by atoms with E-state index in [2.05, 4.69) is 10.3 Å². The summed E-state index contributed by atoms with van der Waals surface area (Å²) in [5.74, 6) is -0.209. The Balaban J connectivity index is 2.78. The maximum absolute atomic E-state index is 10.9. The molecule has 0 aliphatic heterocycles. The van der Waals surface area contributed by atoms with Crippen LogP contribution in [-0.2, 0) is 0 Å². The summed E-state index contributed by atoms with van der Waals surface area (Å²) in [6.45, 7) is 3.58. The Hall–Kier alpha value is -1.62. The van der Waals surface area contributed by atoms with Crippen LogP contribution in [0.4, 0.5) is 5.82 Å². The summed E-state index contributed by atoms with van der Waals surface area (Å²) in [4.78, 5) is 17.2. The van der Waals surface area contributed by atoms with Gasteiger partial charge in [-0.3, -0.25) is 0 Å². The second kappa shape index (κ2) is 6.20. The van der Waals surface area contributed by atoms with E-state index in [1.54, 1.807) is 19.1 Å². The first-order valence-electron chi connectivity index (χ1n) is 5.62. The van der Waals surface area contributed by atoms with E-state index in [0.29, 0.717) is 5.82 Å². The number of anilines is 1. The molecule has 0 amide bonds. The van der Waals surface area contributed by atoms with E-state index < -0.39 is 5.97 Å². The highest BCUT2D eigenvalue weighted by Crippen LogP contribution is 2.14. The van der Waals surface area contributed by atoms with Gasteiger partial charge in [0.15, 0.2) is 0 Å². The number of aryl methyl sites for hydroxylation is 1. The van der Waals surface area contributed by atoms with Crippen LogP contribution >= 0.6 is 0 Å². The second-order valence-electron chi connectivity index (χ2n) is 4.04. The van der Waals surface area contributed by atoms with Gasteiger partial charge < -0.3 is 15.3 Å². The normalized spacial score (nSPS) is 10.3. The van der Waals surface area contributed by atoms with E-state index in [4.69, 9.17) is 5.11 Å². The van der Waals surface area contributed by atoms with Gasteiger partial charge in [-0.05, 0) is 39.1 Å². The Morgan fingerprint density at radius 1 is 1.53 bits per heavy atom. The number of carboxylic acids is 1. The Morgan fingerprint density at radius 3 is 2.82 bits per heavy atom. The lowest BCUT2D eigenvalue weighted by Gasteiger charge is -2.18. The summed E-state index contributed by atoms with van der Waals surface area (Å²) < 4.78 is 0. The lowest BCUT2D eigenvalue weighted by Crippen LogP contribution is -2.23. The molecular formula is C12H19N3O2. The van der Waals surface area contributed by atoms with Crippen molar-refractivity contribution >= 4 is 11.8 Å². The van der Waals surface area contributed by atoms with Crippen molar-refractivity contribution < 1.29 is 9.90 Å². The summed E-state index contributed by atoms with van der Waals surface area (Å²) in [5.41, 5.74) is 1.01. The molecule has 17 heavy (non-hydrogen) atoms. The van der Waals surface area contributed by atoms with E-state index in [-0.39, 0.29) is 5.56 Å². The van der Waals surface area contributed by atoms with Crippen LogP contribution in [0.1, 0.15) is 22.5 Å². The quantitative estimate of drug-likeness (QED) is 0.726. The predicted molar refractivity (Wildman–Crippen MR) is 67.7 cm³/mol. The van der Waals surface area contributed by atoms with Crippen molar-refractivity contribution in [3.63, 3.8) is 0 Å². The highest BCUT2D eigenvalue weighted by atomic mass is 16.4. The standard InChI is InChI=1S/C12H19N3O2/c1-9-7-10(12(16)17)8-11(14-9)15(3)6-4-5-13-2/h7-8,13H,4-6H2,1-3H3,(H,16,17). The molecule has 0 saturated heterocycles. The number of aromatic carboxylic acids is 1. The molecule has 0 saturated carbocycles. The number of nitrogens with zero attached hydrogens (tertiary/aromatic N) is 2. The SMILES string of the molecule is CNCCCN(C)c1cc(C(=O)O)cc(C)n1. The van der Waals surface area contributed by atoms with Gasteiger partial charge in [0.25, 0.3) is 0 Å². The number of nitrogens with one attached hydrogen (secondary N) is 1. The minimum atomic E-state index is -0.916. The van der Waals surface area contributed by atoms with Crippen molar-refractivity contribution in [2.24, 2.45) is 0 Å². The monoisotopic (exact) mass is 237 g/mol. The Morgan fingerprint density at radius 2 is 2.24 bits per heavy atom. The zero-order valence-electron chi connectivity index (χ0n) is 10.5. The largest absolute Gasteiger partial charge is 0.478 e. The molecule has 0 atom stereocenters. The van der Waals surface area contributed by atoms with Crippen molar-refractivity contribution in [2.75, 3.05) is 32.1 Å². The zero-order valence-corrected chi connectivity index (χ0v) is 10.5. The Bertz CT molecular complexity index is 393. The molecule has 0 aromatic carbocycles. The van der Waals surface area contributed by atoms with Gasteiger partial charge in [0.05, 0.1) is 5.56 Å². The molecule has 1 heterocycles. The maximum Gasteiger partial charge on any atom is 0.335 e. The molecule has 94 valence electrons. The van der Waals surface area contributed by atoms with E-state index >= 15 is 0 Å². The number of carbonyl (C=O) groups is 1. The molecule has 0 spiro atoms. The Kier molecular flexibility index (Phi) is 4.90. The molecule has 0 bridgehead atoms. The van der Waals surface area contributed by atoms with Gasteiger partial charge >= 0.3 is 5.97 Å². The van der Waals surface area contributed by atoms with E-state index in [0.717, 1.165) is 25.2 Å². The Labute approximate surface area is 101 Å². The molecule has 0 radical (unpaired) electrons. The molecule has 2 N–H and O–H groups in total. The topological polar surface area (TPSA) is 65.5 Å². The van der Waals surface area contributed by atoms with Crippen LogP contribution in [-0.4, -0.2) is 43.2 Å². The molecule has 1 rings (SSSR count). The second-order valence-corrected chi connectivity index (χ2v) is 4.04. The molecular weight excluding hydrogens is 218 g/mol. The van der Waals surface area contributed by atoms with Gasteiger partial charge in [0, 0.05) is 19.3 Å². The first-order chi connectivity index (χ1) is 8.04. The highest BCUT2D eigenvalue weighted by Gasteiger charge is 2.09. The molecule has 5 heteroatoms. The van der Waals surface area contributed by atoms with Gasteiger partial charge in [-0.25, -0.2) is 9.78 Å². The summed E-state index contributed by atoms with van der Waals surface area (Å²) in [6.07, 6.45) is 0.991. The average Bonchev–Trinajstić information content (AvgIpc) is 2.28. The number of aromatic nitrogens is 1. The fourth-order valence-corrected chi connectivity index (χ4v) is 1.58. The van der Waals surface area contributed by atoms with E-state index in [1.165, 1.54) is 0 Å². The van der Waals surface area contributed by atoms with Crippen LogP contribution in [0.3, 0.4) is 0 Å². The van der Waals surface area contributed by atoms with Crippen LogP contribution in [0, 0.1) is 6.92 Å². The molecule has 0 aliphatic rings.